The van der Waals surface area contributed by atoms with Gasteiger partial charge in [-0.1, -0.05) is 48.5 Å². The van der Waals surface area contributed by atoms with Crippen molar-refractivity contribution in [3.63, 3.8) is 0 Å². The highest BCUT2D eigenvalue weighted by atomic mass is 16.1. The summed E-state index contributed by atoms with van der Waals surface area (Å²) in [5.74, 6) is -0.0456. The van der Waals surface area contributed by atoms with Crippen LogP contribution < -0.4 is 5.32 Å². The Kier molecular flexibility index (Phi) is 3.88. The van der Waals surface area contributed by atoms with Gasteiger partial charge in [-0.2, -0.15) is 0 Å². The van der Waals surface area contributed by atoms with E-state index in [0.29, 0.717) is 12.1 Å². The van der Waals surface area contributed by atoms with Crippen LogP contribution in [-0.2, 0) is 0 Å². The van der Waals surface area contributed by atoms with Crippen molar-refractivity contribution in [2.24, 2.45) is 0 Å². The number of hydrogen-bond acceptors (Lipinski definition) is 2. The Bertz CT molecular complexity index is 825. The lowest BCUT2D eigenvalue weighted by Gasteiger charge is -2.14. The molecule has 22 heavy (non-hydrogen) atoms. The summed E-state index contributed by atoms with van der Waals surface area (Å²) in [6.45, 7) is 4.50. The van der Waals surface area contributed by atoms with E-state index in [1.807, 2.05) is 68.4 Å². The number of fused-ring (bicyclic) bond motifs is 1. The number of nitrogens with zero attached hydrogens (tertiary/aromatic N) is 1. The van der Waals surface area contributed by atoms with E-state index in [1.54, 1.807) is 0 Å². The second-order valence-corrected chi connectivity index (χ2v) is 5.20. The summed E-state index contributed by atoms with van der Waals surface area (Å²) in [6.07, 6.45) is 0. The highest BCUT2D eigenvalue weighted by molar-refractivity contribution is 6.08. The van der Waals surface area contributed by atoms with Crippen LogP contribution in [0.25, 0.3) is 22.2 Å². The van der Waals surface area contributed by atoms with Crippen molar-refractivity contribution in [3.05, 3.63) is 65.7 Å². The summed E-state index contributed by atoms with van der Waals surface area (Å²) in [6, 6.07) is 17.8. The Labute approximate surface area is 130 Å². The topological polar surface area (TPSA) is 42.0 Å². The van der Waals surface area contributed by atoms with Crippen LogP contribution in [0.4, 0.5) is 0 Å². The number of hydrogen-bond donors (Lipinski definition) is 1. The highest BCUT2D eigenvalue weighted by Crippen LogP contribution is 2.29. The van der Waals surface area contributed by atoms with Gasteiger partial charge in [0.2, 0.25) is 0 Å². The molecule has 0 radical (unpaired) electrons. The molecule has 0 bridgehead atoms. The van der Waals surface area contributed by atoms with Crippen molar-refractivity contribution in [1.29, 1.82) is 0 Å². The Morgan fingerprint density at radius 2 is 1.73 bits per heavy atom. The van der Waals surface area contributed by atoms with Gasteiger partial charge in [-0.25, -0.2) is 4.98 Å². The van der Waals surface area contributed by atoms with E-state index in [1.165, 1.54) is 0 Å². The Hall–Kier alpha value is -2.68. The fourth-order valence-electron chi connectivity index (χ4n) is 2.73. The minimum absolute atomic E-state index is 0.0456. The zero-order chi connectivity index (χ0) is 15.5. The average Bonchev–Trinajstić information content (AvgIpc) is 2.55. The van der Waals surface area contributed by atoms with E-state index < -0.39 is 0 Å². The molecule has 110 valence electrons. The van der Waals surface area contributed by atoms with Crippen LogP contribution in [0.1, 0.15) is 22.8 Å². The molecule has 0 atom stereocenters. The van der Waals surface area contributed by atoms with Crippen molar-refractivity contribution in [2.75, 3.05) is 6.54 Å². The number of pyridine rings is 1. The molecule has 0 aliphatic heterocycles. The summed E-state index contributed by atoms with van der Waals surface area (Å²) >= 11 is 0. The molecule has 3 aromatic rings. The number of benzene rings is 2. The molecule has 3 heteroatoms. The maximum Gasteiger partial charge on any atom is 0.252 e. The van der Waals surface area contributed by atoms with Crippen molar-refractivity contribution in [2.45, 2.75) is 13.8 Å². The van der Waals surface area contributed by atoms with E-state index in [0.717, 1.165) is 27.7 Å². The average molecular weight is 290 g/mol. The van der Waals surface area contributed by atoms with Gasteiger partial charge < -0.3 is 5.32 Å². The molecule has 0 aliphatic rings. The smallest absolute Gasteiger partial charge is 0.252 e. The Morgan fingerprint density at radius 1 is 1.05 bits per heavy atom. The van der Waals surface area contributed by atoms with Crippen molar-refractivity contribution in [1.82, 2.24) is 10.3 Å². The number of carbonyl (C=O) groups excluding carboxylic acids is 1. The van der Waals surface area contributed by atoms with E-state index in [4.69, 9.17) is 4.98 Å². The van der Waals surface area contributed by atoms with Crippen molar-refractivity contribution in [3.8, 4) is 11.3 Å². The SMILES string of the molecule is CCNC(=O)c1c(C)c(-c2ccccc2)nc2ccccc12. The monoisotopic (exact) mass is 290 g/mol. The van der Waals surface area contributed by atoms with Gasteiger partial charge in [0.1, 0.15) is 0 Å². The molecular formula is C19H18N2O. The molecule has 2 aromatic carbocycles. The van der Waals surface area contributed by atoms with Crippen LogP contribution in [0.5, 0.6) is 0 Å². The molecule has 0 spiro atoms. The van der Waals surface area contributed by atoms with Crippen molar-refractivity contribution < 1.29 is 4.79 Å². The Balaban J connectivity index is 2.32. The number of aromatic nitrogens is 1. The maximum absolute atomic E-state index is 12.5. The molecule has 3 rings (SSSR count). The zero-order valence-corrected chi connectivity index (χ0v) is 12.8. The molecular weight excluding hydrogens is 272 g/mol. The lowest BCUT2D eigenvalue weighted by atomic mass is 9.97. The molecule has 0 aliphatic carbocycles. The Morgan fingerprint density at radius 3 is 2.45 bits per heavy atom. The molecule has 1 amide bonds. The lowest BCUT2D eigenvalue weighted by Crippen LogP contribution is -2.24. The van der Waals surface area contributed by atoms with Crippen LogP contribution in [0, 0.1) is 6.92 Å². The first-order valence-electron chi connectivity index (χ1n) is 7.45. The first-order valence-corrected chi connectivity index (χ1v) is 7.45. The lowest BCUT2D eigenvalue weighted by molar-refractivity contribution is 0.0957. The molecule has 0 fully saturated rings. The molecule has 0 saturated heterocycles. The molecule has 0 saturated carbocycles. The van der Waals surface area contributed by atoms with Gasteiger partial charge in [-0.15, -0.1) is 0 Å². The zero-order valence-electron chi connectivity index (χ0n) is 12.8. The summed E-state index contributed by atoms with van der Waals surface area (Å²) < 4.78 is 0. The van der Waals surface area contributed by atoms with Gasteiger partial charge in [-0.05, 0) is 25.5 Å². The molecule has 0 unspecified atom stereocenters. The second kappa shape index (κ2) is 5.98. The van der Waals surface area contributed by atoms with Gasteiger partial charge in [0.05, 0.1) is 16.8 Å². The number of rotatable bonds is 3. The normalized spacial score (nSPS) is 10.6. The number of carbonyl (C=O) groups is 1. The summed E-state index contributed by atoms with van der Waals surface area (Å²) in [5.41, 5.74) is 4.35. The van der Waals surface area contributed by atoms with E-state index in [2.05, 4.69) is 5.32 Å². The second-order valence-electron chi connectivity index (χ2n) is 5.20. The maximum atomic E-state index is 12.5. The minimum atomic E-state index is -0.0456. The minimum Gasteiger partial charge on any atom is -0.352 e. The van der Waals surface area contributed by atoms with E-state index in [-0.39, 0.29) is 5.91 Å². The first-order chi connectivity index (χ1) is 10.7. The molecule has 1 aromatic heterocycles. The van der Waals surface area contributed by atoms with Crippen LogP contribution in [0.15, 0.2) is 54.6 Å². The fraction of sp³-hybridized carbons (Fsp3) is 0.158. The fourth-order valence-corrected chi connectivity index (χ4v) is 2.73. The predicted molar refractivity (Wildman–Crippen MR) is 89.9 cm³/mol. The van der Waals surface area contributed by atoms with Crippen LogP contribution >= 0.6 is 0 Å². The summed E-state index contributed by atoms with van der Waals surface area (Å²) in [5, 5.41) is 3.80. The first kappa shape index (κ1) is 14.3. The van der Waals surface area contributed by atoms with Crippen LogP contribution in [0.2, 0.25) is 0 Å². The predicted octanol–water partition coefficient (Wildman–Crippen LogP) is 3.96. The number of para-hydroxylation sites is 1. The number of nitrogens with one attached hydrogen (secondary N) is 1. The standard InChI is InChI=1S/C19H18N2O/c1-3-20-19(22)17-13(2)18(14-9-5-4-6-10-14)21-16-12-8-7-11-15(16)17/h4-12H,3H2,1-2H3,(H,20,22). The van der Waals surface area contributed by atoms with Crippen molar-refractivity contribution >= 4 is 16.8 Å². The van der Waals surface area contributed by atoms with Gasteiger partial charge in [0.25, 0.3) is 5.91 Å². The molecule has 3 nitrogen and oxygen atoms in total. The summed E-state index contributed by atoms with van der Waals surface area (Å²) in [7, 11) is 0. The third-order valence-electron chi connectivity index (χ3n) is 3.75. The molecule has 1 N–H and O–H groups in total. The highest BCUT2D eigenvalue weighted by Gasteiger charge is 2.17. The van der Waals surface area contributed by atoms with Gasteiger partial charge in [0, 0.05) is 17.5 Å². The number of amides is 1. The van der Waals surface area contributed by atoms with Crippen LogP contribution in [0.3, 0.4) is 0 Å². The van der Waals surface area contributed by atoms with Gasteiger partial charge in [-0.3, -0.25) is 4.79 Å². The van der Waals surface area contributed by atoms with Gasteiger partial charge in [0.15, 0.2) is 0 Å². The quantitative estimate of drug-likeness (QED) is 0.793. The van der Waals surface area contributed by atoms with Crippen LogP contribution in [-0.4, -0.2) is 17.4 Å². The largest absolute Gasteiger partial charge is 0.352 e. The van der Waals surface area contributed by atoms with Gasteiger partial charge >= 0.3 is 0 Å². The van der Waals surface area contributed by atoms with E-state index >= 15 is 0 Å². The third kappa shape index (κ3) is 2.46. The molecule has 1 heterocycles. The van der Waals surface area contributed by atoms with E-state index in [9.17, 15) is 4.79 Å². The summed E-state index contributed by atoms with van der Waals surface area (Å²) in [4.78, 5) is 17.3. The third-order valence-corrected chi connectivity index (χ3v) is 3.75.